The summed E-state index contributed by atoms with van der Waals surface area (Å²) in [5.41, 5.74) is 0.778. The highest BCUT2D eigenvalue weighted by Crippen LogP contribution is 2.56. The van der Waals surface area contributed by atoms with Crippen LogP contribution in [0.3, 0.4) is 0 Å². The van der Waals surface area contributed by atoms with Crippen LogP contribution in [0, 0.1) is 5.41 Å². The maximum Gasteiger partial charge on any atom is 0.259 e. The van der Waals surface area contributed by atoms with Crippen LogP contribution in [0.2, 0.25) is 0 Å². The first-order valence-corrected chi connectivity index (χ1v) is 13.0. The van der Waals surface area contributed by atoms with E-state index in [9.17, 15) is 4.79 Å². The summed E-state index contributed by atoms with van der Waals surface area (Å²) in [6.07, 6.45) is 8.49. The van der Waals surface area contributed by atoms with Crippen LogP contribution in [0.25, 0.3) is 0 Å². The molecule has 1 aromatic carbocycles. The minimum atomic E-state index is -0.932. The molecule has 178 valence electrons. The molecule has 0 bridgehead atoms. The molecule has 6 nitrogen and oxygen atoms in total. The second-order valence-corrected chi connectivity index (χ2v) is 10.8. The van der Waals surface area contributed by atoms with Gasteiger partial charge in [-0.1, -0.05) is 19.1 Å². The molecule has 0 radical (unpaired) electrons. The van der Waals surface area contributed by atoms with E-state index in [1.54, 1.807) is 30.9 Å². The Balaban J connectivity index is 1.47. The quantitative estimate of drug-likeness (QED) is 0.341. The fourth-order valence-electron chi connectivity index (χ4n) is 5.24. The van der Waals surface area contributed by atoms with Crippen LogP contribution in [-0.2, 0) is 25.4 Å². The molecule has 1 aliphatic heterocycles. The van der Waals surface area contributed by atoms with Gasteiger partial charge in [0, 0.05) is 26.4 Å². The van der Waals surface area contributed by atoms with E-state index in [-0.39, 0.29) is 25.5 Å². The smallest absolute Gasteiger partial charge is 0.259 e. The number of carbonyl (C=O) groups excluding carboxylic acids is 1. The highest BCUT2D eigenvalue weighted by atomic mass is 32.2. The van der Waals surface area contributed by atoms with Gasteiger partial charge in [0.05, 0.1) is 12.1 Å². The number of β-lactam (4-membered cyclic amide) rings is 1. The molecule has 1 spiro atoms. The van der Waals surface area contributed by atoms with Crippen molar-refractivity contribution in [2.75, 3.05) is 39.2 Å². The Bertz CT molecular complexity index is 775. The number of rotatable bonds is 12. The van der Waals surface area contributed by atoms with Crippen molar-refractivity contribution in [1.29, 1.82) is 0 Å². The molecule has 4 rings (SSSR count). The number of hydrogen-bond donors (Lipinski definition) is 0. The summed E-state index contributed by atoms with van der Waals surface area (Å²) in [6, 6.07) is 8.12. The van der Waals surface area contributed by atoms with Crippen LogP contribution in [0.15, 0.2) is 24.3 Å². The molecule has 2 aliphatic carbocycles. The highest BCUT2D eigenvalue weighted by Gasteiger charge is 2.61. The normalized spacial score (nSPS) is 26.9. The molecule has 0 N–H and O–H groups in total. The van der Waals surface area contributed by atoms with Crippen LogP contribution in [0.4, 0.5) is 0 Å². The van der Waals surface area contributed by atoms with Crippen molar-refractivity contribution < 1.29 is 23.7 Å². The molecular weight excluding hydrogens is 426 g/mol. The Kier molecular flexibility index (Phi) is 7.70. The van der Waals surface area contributed by atoms with E-state index in [1.807, 2.05) is 12.1 Å². The van der Waals surface area contributed by atoms with E-state index < -0.39 is 5.60 Å². The number of likely N-dealkylation sites (tertiary alicyclic amines) is 1. The molecule has 2 atom stereocenters. The Morgan fingerprint density at radius 1 is 1.12 bits per heavy atom. The number of carbonyl (C=O) groups is 1. The van der Waals surface area contributed by atoms with E-state index in [0.717, 1.165) is 35.7 Å². The topological polar surface area (TPSA) is 57.2 Å². The molecule has 1 amide bonds. The summed E-state index contributed by atoms with van der Waals surface area (Å²) >= 11 is 1.81. The molecular formula is C25H37NO5S. The van der Waals surface area contributed by atoms with Crippen molar-refractivity contribution in [3.63, 3.8) is 0 Å². The Morgan fingerprint density at radius 2 is 1.91 bits per heavy atom. The molecule has 3 fully saturated rings. The van der Waals surface area contributed by atoms with Crippen molar-refractivity contribution in [1.82, 2.24) is 4.90 Å². The molecule has 32 heavy (non-hydrogen) atoms. The molecule has 1 saturated heterocycles. The van der Waals surface area contributed by atoms with Crippen molar-refractivity contribution in [2.45, 2.75) is 69.6 Å². The predicted octanol–water partition coefficient (Wildman–Crippen LogP) is 4.26. The lowest BCUT2D eigenvalue weighted by Gasteiger charge is -2.55. The van der Waals surface area contributed by atoms with Gasteiger partial charge in [0.25, 0.3) is 5.91 Å². The van der Waals surface area contributed by atoms with Crippen molar-refractivity contribution in [2.24, 2.45) is 5.41 Å². The third-order valence-electron chi connectivity index (χ3n) is 7.34. The lowest BCUT2D eigenvalue weighted by Crippen LogP contribution is -2.77. The van der Waals surface area contributed by atoms with Gasteiger partial charge in [-0.3, -0.25) is 4.79 Å². The van der Waals surface area contributed by atoms with E-state index in [2.05, 4.69) is 19.1 Å². The largest absolute Gasteiger partial charge is 0.490 e. The number of thioether (sulfide) groups is 1. The summed E-state index contributed by atoms with van der Waals surface area (Å²) in [6.45, 7) is 2.48. The van der Waals surface area contributed by atoms with Gasteiger partial charge >= 0.3 is 0 Å². The number of methoxy groups -OCH3 is 2. The first kappa shape index (κ1) is 23.9. The Labute approximate surface area is 196 Å². The minimum Gasteiger partial charge on any atom is -0.490 e. The summed E-state index contributed by atoms with van der Waals surface area (Å²) in [7, 11) is 3.20. The third-order valence-corrected chi connectivity index (χ3v) is 8.30. The zero-order chi connectivity index (χ0) is 22.6. The second kappa shape index (κ2) is 10.3. The van der Waals surface area contributed by atoms with Gasteiger partial charge in [0.15, 0.2) is 5.60 Å². The fourth-order valence-corrected chi connectivity index (χ4v) is 6.15. The van der Waals surface area contributed by atoms with Crippen LogP contribution in [0.5, 0.6) is 5.75 Å². The van der Waals surface area contributed by atoms with Crippen LogP contribution in [0.1, 0.15) is 51.0 Å². The van der Waals surface area contributed by atoms with Gasteiger partial charge in [-0.15, -0.1) is 0 Å². The molecule has 7 heteroatoms. The Morgan fingerprint density at radius 3 is 2.56 bits per heavy atom. The molecule has 1 aromatic rings. The molecule has 2 saturated carbocycles. The summed E-state index contributed by atoms with van der Waals surface area (Å²) in [4.78, 5) is 15.0. The number of ether oxygens (including phenoxy) is 4. The molecule has 3 aliphatic rings. The van der Waals surface area contributed by atoms with Gasteiger partial charge in [-0.2, -0.15) is 11.8 Å². The second-order valence-electron chi connectivity index (χ2n) is 9.45. The van der Waals surface area contributed by atoms with Gasteiger partial charge in [-0.25, -0.2) is 0 Å². The molecule has 0 aromatic heterocycles. The van der Waals surface area contributed by atoms with Crippen molar-refractivity contribution in [3.05, 3.63) is 29.8 Å². The standard InChI is InChI=1S/C25H37NO5S/c1-4-32-16-22-25(30-18-29-3,23(27)26(22)17-28-2)15-19-6-5-7-21(14-19)31-20-8-10-24(11-9-20)12-13-24/h5-7,14,20,22H,4,8-13,15-18H2,1-3H3/t22-,25+/m0/s1. The lowest BCUT2D eigenvalue weighted by molar-refractivity contribution is -0.229. The first-order chi connectivity index (χ1) is 15.6. The van der Waals surface area contributed by atoms with Gasteiger partial charge in [-0.05, 0) is 67.4 Å². The van der Waals surface area contributed by atoms with Crippen LogP contribution < -0.4 is 4.74 Å². The van der Waals surface area contributed by atoms with E-state index in [1.165, 1.54) is 25.7 Å². The minimum absolute atomic E-state index is 0.0357. The zero-order valence-corrected chi connectivity index (χ0v) is 20.5. The number of amides is 1. The predicted molar refractivity (Wildman–Crippen MR) is 126 cm³/mol. The number of nitrogens with zero attached hydrogens (tertiary/aromatic N) is 1. The first-order valence-electron chi connectivity index (χ1n) is 11.8. The lowest BCUT2D eigenvalue weighted by atomic mass is 9.78. The SMILES string of the molecule is CCSC[C@@H]1N(COC)C(=O)[C@]1(Cc1cccc(OC2CCC3(CC2)CC3)c1)OCOC. The third kappa shape index (κ3) is 4.96. The maximum atomic E-state index is 13.3. The van der Waals surface area contributed by atoms with Crippen molar-refractivity contribution >= 4 is 17.7 Å². The van der Waals surface area contributed by atoms with Gasteiger partial charge < -0.3 is 23.8 Å². The average molecular weight is 464 g/mol. The van der Waals surface area contributed by atoms with Crippen LogP contribution in [-0.4, -0.2) is 67.8 Å². The Hall–Kier alpha value is -1.28. The monoisotopic (exact) mass is 463 g/mol. The molecule has 0 unspecified atom stereocenters. The summed E-state index contributed by atoms with van der Waals surface area (Å²) in [5, 5.41) is 0. The van der Waals surface area contributed by atoms with E-state index >= 15 is 0 Å². The number of benzene rings is 1. The van der Waals surface area contributed by atoms with E-state index in [4.69, 9.17) is 18.9 Å². The van der Waals surface area contributed by atoms with Gasteiger partial charge in [0.2, 0.25) is 0 Å². The summed E-state index contributed by atoms with van der Waals surface area (Å²) < 4.78 is 23.0. The average Bonchev–Trinajstić information content (AvgIpc) is 3.57. The highest BCUT2D eigenvalue weighted by molar-refractivity contribution is 7.99. The summed E-state index contributed by atoms with van der Waals surface area (Å²) in [5.74, 6) is 2.64. The molecule has 1 heterocycles. The number of hydrogen-bond acceptors (Lipinski definition) is 6. The van der Waals surface area contributed by atoms with Crippen LogP contribution >= 0.6 is 11.8 Å². The zero-order valence-electron chi connectivity index (χ0n) is 19.6. The van der Waals surface area contributed by atoms with Crippen molar-refractivity contribution in [3.8, 4) is 5.75 Å². The fraction of sp³-hybridized carbons (Fsp3) is 0.720. The van der Waals surface area contributed by atoms with Gasteiger partial charge in [0.1, 0.15) is 19.3 Å². The maximum absolute atomic E-state index is 13.3. The van der Waals surface area contributed by atoms with E-state index in [0.29, 0.717) is 17.9 Å².